The summed E-state index contributed by atoms with van der Waals surface area (Å²) in [6.07, 6.45) is 2.26. The van der Waals surface area contributed by atoms with Crippen molar-refractivity contribution in [3.05, 3.63) is 47.7 Å². The topological polar surface area (TPSA) is 19.4 Å². The van der Waals surface area contributed by atoms with Gasteiger partial charge in [-0.25, -0.2) is 4.98 Å². The Morgan fingerprint density at radius 3 is 2.42 bits per heavy atom. The lowest BCUT2D eigenvalue weighted by Crippen LogP contribution is -2.52. The highest BCUT2D eigenvalue weighted by Crippen LogP contribution is 2.53. The molecule has 0 bridgehead atoms. The highest BCUT2D eigenvalue weighted by Gasteiger charge is 2.47. The molecule has 0 saturated carbocycles. The van der Waals surface area contributed by atoms with Crippen LogP contribution in [-0.2, 0) is 5.41 Å². The summed E-state index contributed by atoms with van der Waals surface area (Å²) >= 11 is 0. The fourth-order valence-electron chi connectivity index (χ4n) is 4.64. The van der Waals surface area contributed by atoms with Crippen LogP contribution in [0.5, 0.6) is 0 Å². The van der Waals surface area contributed by atoms with E-state index in [2.05, 4.69) is 88.6 Å². The van der Waals surface area contributed by atoms with Crippen LogP contribution in [0.25, 0.3) is 0 Å². The largest absolute Gasteiger partial charge is 0.345 e. The molecule has 3 unspecified atom stereocenters. The maximum absolute atomic E-state index is 4.79. The van der Waals surface area contributed by atoms with Crippen LogP contribution in [0.1, 0.15) is 65.5 Å². The Hall–Kier alpha value is -2.03. The number of anilines is 3. The molecular formula is C23H31N3. The predicted octanol–water partition coefficient (Wildman–Crippen LogP) is 5.82. The van der Waals surface area contributed by atoms with E-state index in [0.717, 1.165) is 5.82 Å². The molecule has 3 atom stereocenters. The average molecular weight is 350 g/mol. The maximum Gasteiger partial charge on any atom is 0.158 e. The van der Waals surface area contributed by atoms with Crippen molar-refractivity contribution in [3.8, 4) is 0 Å². The van der Waals surface area contributed by atoms with Crippen molar-refractivity contribution in [2.45, 2.75) is 72.0 Å². The van der Waals surface area contributed by atoms with Gasteiger partial charge in [-0.1, -0.05) is 46.8 Å². The summed E-state index contributed by atoms with van der Waals surface area (Å²) in [6, 6.07) is 11.8. The molecule has 1 aromatic carbocycles. The number of fused-ring (bicyclic) bond motifs is 5. The van der Waals surface area contributed by atoms with E-state index in [1.165, 1.54) is 22.5 Å². The molecule has 0 aliphatic carbocycles. The molecule has 4 rings (SSSR count). The second kappa shape index (κ2) is 5.73. The highest BCUT2D eigenvalue weighted by atomic mass is 15.5. The van der Waals surface area contributed by atoms with E-state index in [1.54, 1.807) is 0 Å². The summed E-state index contributed by atoms with van der Waals surface area (Å²) in [6.45, 7) is 16.2. The monoisotopic (exact) mass is 349 g/mol. The van der Waals surface area contributed by atoms with Crippen molar-refractivity contribution in [1.82, 2.24) is 4.98 Å². The number of nitrogens with zero attached hydrogens (tertiary/aromatic N) is 3. The SMILES string of the molecule is CC1c2cc(C(C)(C)C)ccc2N2c3ncccc3N(C(C)C)C2C1C. The second-order valence-electron chi connectivity index (χ2n) is 9.30. The van der Waals surface area contributed by atoms with Gasteiger partial charge < -0.3 is 9.80 Å². The van der Waals surface area contributed by atoms with Crippen molar-refractivity contribution in [2.24, 2.45) is 5.92 Å². The zero-order valence-electron chi connectivity index (χ0n) is 17.1. The summed E-state index contributed by atoms with van der Waals surface area (Å²) in [5.41, 5.74) is 5.63. The summed E-state index contributed by atoms with van der Waals surface area (Å²) in [7, 11) is 0. The molecule has 2 aromatic rings. The molecule has 0 amide bonds. The Morgan fingerprint density at radius 2 is 1.77 bits per heavy atom. The van der Waals surface area contributed by atoms with Crippen molar-refractivity contribution in [2.75, 3.05) is 9.80 Å². The lowest BCUT2D eigenvalue weighted by molar-refractivity contribution is 0.357. The average Bonchev–Trinajstić information content (AvgIpc) is 2.94. The fourth-order valence-corrected chi connectivity index (χ4v) is 4.64. The van der Waals surface area contributed by atoms with Gasteiger partial charge in [0.1, 0.15) is 6.17 Å². The Balaban J connectivity index is 1.93. The lowest BCUT2D eigenvalue weighted by Gasteiger charge is -2.46. The number of hydrogen-bond donors (Lipinski definition) is 0. The van der Waals surface area contributed by atoms with Gasteiger partial charge in [0.25, 0.3) is 0 Å². The third-order valence-electron chi connectivity index (χ3n) is 6.28. The number of pyridine rings is 1. The highest BCUT2D eigenvalue weighted by molar-refractivity contribution is 5.83. The maximum atomic E-state index is 4.79. The minimum Gasteiger partial charge on any atom is -0.345 e. The van der Waals surface area contributed by atoms with Gasteiger partial charge in [-0.2, -0.15) is 0 Å². The van der Waals surface area contributed by atoms with Gasteiger partial charge in [0, 0.05) is 23.8 Å². The Bertz CT molecular complexity index is 834. The molecule has 2 aliphatic rings. The van der Waals surface area contributed by atoms with Crippen LogP contribution in [0.2, 0.25) is 0 Å². The van der Waals surface area contributed by atoms with Gasteiger partial charge in [-0.05, 0) is 54.5 Å². The molecule has 2 aliphatic heterocycles. The van der Waals surface area contributed by atoms with E-state index < -0.39 is 0 Å². The van der Waals surface area contributed by atoms with Crippen molar-refractivity contribution >= 4 is 17.2 Å². The van der Waals surface area contributed by atoms with Crippen molar-refractivity contribution in [1.29, 1.82) is 0 Å². The van der Waals surface area contributed by atoms with Crippen LogP contribution in [0, 0.1) is 5.92 Å². The van der Waals surface area contributed by atoms with Crippen molar-refractivity contribution < 1.29 is 0 Å². The molecule has 3 nitrogen and oxygen atoms in total. The molecule has 0 fully saturated rings. The molecule has 138 valence electrons. The molecule has 3 heterocycles. The summed E-state index contributed by atoms with van der Waals surface area (Å²) < 4.78 is 0. The van der Waals surface area contributed by atoms with Gasteiger partial charge >= 0.3 is 0 Å². The molecule has 1 aromatic heterocycles. The van der Waals surface area contributed by atoms with Crippen LogP contribution in [0.15, 0.2) is 36.5 Å². The zero-order chi connectivity index (χ0) is 18.8. The molecular weight excluding hydrogens is 318 g/mol. The van der Waals surface area contributed by atoms with Gasteiger partial charge in [0.2, 0.25) is 0 Å². The smallest absolute Gasteiger partial charge is 0.158 e. The van der Waals surface area contributed by atoms with Crippen LogP contribution >= 0.6 is 0 Å². The molecule has 3 heteroatoms. The van der Waals surface area contributed by atoms with Gasteiger partial charge in [-0.15, -0.1) is 0 Å². The quantitative estimate of drug-likeness (QED) is 0.646. The van der Waals surface area contributed by atoms with Gasteiger partial charge in [0.15, 0.2) is 5.82 Å². The van der Waals surface area contributed by atoms with E-state index in [9.17, 15) is 0 Å². The number of aromatic nitrogens is 1. The first-order valence-corrected chi connectivity index (χ1v) is 9.89. The summed E-state index contributed by atoms with van der Waals surface area (Å²) in [5, 5.41) is 0. The summed E-state index contributed by atoms with van der Waals surface area (Å²) in [5.74, 6) is 2.15. The Kier molecular flexibility index (Phi) is 3.83. The first-order valence-electron chi connectivity index (χ1n) is 9.89. The van der Waals surface area contributed by atoms with Gasteiger partial charge in [-0.3, -0.25) is 0 Å². The van der Waals surface area contributed by atoms with Gasteiger partial charge in [0.05, 0.1) is 5.69 Å². The van der Waals surface area contributed by atoms with Crippen LogP contribution < -0.4 is 9.80 Å². The van der Waals surface area contributed by atoms with E-state index >= 15 is 0 Å². The standard InChI is InChI=1S/C23H31N3/c1-14(2)25-20-9-8-12-24-21(20)26-19-11-10-17(23(5,6)7)13-18(19)15(3)16(4)22(25)26/h8-16,22H,1-7H3. The number of hydrogen-bond acceptors (Lipinski definition) is 3. The predicted molar refractivity (Wildman–Crippen MR) is 111 cm³/mol. The first kappa shape index (κ1) is 17.4. The lowest BCUT2D eigenvalue weighted by atomic mass is 9.77. The zero-order valence-corrected chi connectivity index (χ0v) is 17.1. The van der Waals surface area contributed by atoms with Crippen LogP contribution in [0.4, 0.5) is 17.2 Å². The van der Waals surface area contributed by atoms with Crippen LogP contribution in [-0.4, -0.2) is 17.2 Å². The van der Waals surface area contributed by atoms with Crippen LogP contribution in [0.3, 0.4) is 0 Å². The normalized spacial score (nSPS) is 24.5. The molecule has 0 N–H and O–H groups in total. The van der Waals surface area contributed by atoms with E-state index in [4.69, 9.17) is 4.98 Å². The molecule has 0 radical (unpaired) electrons. The minimum absolute atomic E-state index is 0.167. The Labute approximate surface area is 158 Å². The number of benzene rings is 1. The van der Waals surface area contributed by atoms with E-state index in [0.29, 0.717) is 24.0 Å². The molecule has 0 saturated heterocycles. The summed E-state index contributed by atoms with van der Waals surface area (Å²) in [4.78, 5) is 9.84. The first-order chi connectivity index (χ1) is 12.2. The Morgan fingerprint density at radius 1 is 1.04 bits per heavy atom. The fraction of sp³-hybridized carbons (Fsp3) is 0.522. The van der Waals surface area contributed by atoms with Crippen molar-refractivity contribution in [3.63, 3.8) is 0 Å². The minimum atomic E-state index is 0.167. The number of rotatable bonds is 1. The second-order valence-corrected chi connectivity index (χ2v) is 9.30. The molecule has 0 spiro atoms. The van der Waals surface area contributed by atoms with E-state index in [1.807, 2.05) is 6.20 Å². The molecule has 26 heavy (non-hydrogen) atoms. The third kappa shape index (κ3) is 2.36. The van der Waals surface area contributed by atoms with E-state index in [-0.39, 0.29) is 5.41 Å². The third-order valence-corrected chi connectivity index (χ3v) is 6.28.